The molecule has 2 saturated heterocycles. The van der Waals surface area contributed by atoms with Crippen LogP contribution in [0.15, 0.2) is 77.9 Å². The first-order valence-corrected chi connectivity index (χ1v) is 16.0. The van der Waals surface area contributed by atoms with Crippen LogP contribution in [0.2, 0.25) is 0 Å². The van der Waals surface area contributed by atoms with Crippen LogP contribution in [-0.2, 0) is 47.5 Å². The van der Waals surface area contributed by atoms with E-state index in [2.05, 4.69) is 4.98 Å². The van der Waals surface area contributed by atoms with E-state index in [4.69, 9.17) is 38.9 Å². The van der Waals surface area contributed by atoms with Gasteiger partial charge in [0.25, 0.3) is 11.5 Å². The quantitative estimate of drug-likeness (QED) is 0.220. The second kappa shape index (κ2) is 18.3. The van der Waals surface area contributed by atoms with Gasteiger partial charge < -0.3 is 38.9 Å². The predicted molar refractivity (Wildman–Crippen MR) is 175 cm³/mol. The summed E-state index contributed by atoms with van der Waals surface area (Å²) < 4.78 is 38.1. The minimum Gasteiger partial charge on any atom is -0.459 e. The highest BCUT2D eigenvalue weighted by Crippen LogP contribution is 2.31. The number of hydrogen-bond acceptors (Lipinski definition) is 15. The molecule has 5 rings (SSSR count). The summed E-state index contributed by atoms with van der Waals surface area (Å²) in [6.45, 7) is 3.59. The van der Waals surface area contributed by atoms with Crippen molar-refractivity contribution in [3.63, 3.8) is 0 Å². The van der Waals surface area contributed by atoms with Crippen molar-refractivity contribution in [2.45, 2.75) is 70.5 Å². The lowest BCUT2D eigenvalue weighted by molar-refractivity contribution is -0.195. The summed E-state index contributed by atoms with van der Waals surface area (Å²) in [5.74, 6) is -3.61. The molecule has 2 N–H and O–H groups in total. The fourth-order valence-electron chi connectivity index (χ4n) is 5.23. The van der Waals surface area contributed by atoms with E-state index in [1.54, 1.807) is 60.7 Å². The molecule has 1 unspecified atom stereocenters. The number of carbonyl (C=O) groups is 6. The number of rotatable bonds is 11. The first-order chi connectivity index (χ1) is 24.8. The molecule has 17 heteroatoms. The molecular weight excluding hydrogens is 686 g/mol. The maximum absolute atomic E-state index is 12.5. The highest BCUT2D eigenvalue weighted by molar-refractivity contribution is 5.90. The van der Waals surface area contributed by atoms with Gasteiger partial charge in [-0.25, -0.2) is 14.6 Å². The highest BCUT2D eigenvalue weighted by Gasteiger charge is 2.41. The molecule has 1 amide bonds. The molecule has 2 fully saturated rings. The molecule has 0 saturated carbocycles. The Labute approximate surface area is 296 Å². The van der Waals surface area contributed by atoms with E-state index in [-0.39, 0.29) is 26.1 Å². The summed E-state index contributed by atoms with van der Waals surface area (Å²) in [6.07, 6.45) is -1.71. The Hall–Kier alpha value is -5.94. The van der Waals surface area contributed by atoms with Gasteiger partial charge in [-0.2, -0.15) is 0 Å². The molecule has 1 aromatic heterocycles. The summed E-state index contributed by atoms with van der Waals surface area (Å²) in [4.78, 5) is 85.1. The van der Waals surface area contributed by atoms with Crippen molar-refractivity contribution in [2.75, 3.05) is 13.2 Å². The molecule has 276 valence electrons. The van der Waals surface area contributed by atoms with Gasteiger partial charge in [0.1, 0.15) is 19.3 Å². The fraction of sp³-hybridized carbons (Fsp3) is 0.371. The van der Waals surface area contributed by atoms with Crippen molar-refractivity contribution >= 4 is 35.8 Å². The third-order valence-electron chi connectivity index (χ3n) is 7.38. The van der Waals surface area contributed by atoms with Gasteiger partial charge in [0.05, 0.1) is 23.3 Å². The number of carbonyl (C=O) groups excluding carboxylic acids is 6. The number of ether oxygens (including phenoxy) is 7. The van der Waals surface area contributed by atoms with Gasteiger partial charge >= 0.3 is 29.8 Å². The number of aromatic nitrogens is 2. The second-order valence-electron chi connectivity index (χ2n) is 11.4. The van der Waals surface area contributed by atoms with Crippen molar-refractivity contribution in [3.05, 3.63) is 100 Å². The van der Waals surface area contributed by atoms with Crippen molar-refractivity contribution in [1.29, 1.82) is 0 Å². The Morgan fingerprint density at radius 3 is 1.71 bits per heavy atom. The number of benzene rings is 2. The van der Waals surface area contributed by atoms with Gasteiger partial charge in [0, 0.05) is 46.0 Å². The smallest absolute Gasteiger partial charge is 0.338 e. The largest absolute Gasteiger partial charge is 0.459 e. The van der Waals surface area contributed by atoms with Gasteiger partial charge in [-0.3, -0.25) is 28.5 Å². The minimum atomic E-state index is -1.02. The molecule has 0 spiro atoms. The number of hydrogen-bond donors (Lipinski definition) is 1. The number of esters is 5. The molecule has 0 bridgehead atoms. The zero-order valence-corrected chi connectivity index (χ0v) is 28.4. The number of nitrogens with zero attached hydrogens (tertiary/aromatic N) is 2. The van der Waals surface area contributed by atoms with Crippen LogP contribution in [0.1, 0.15) is 71.0 Å². The van der Waals surface area contributed by atoms with E-state index in [1.165, 1.54) is 33.2 Å². The first-order valence-electron chi connectivity index (χ1n) is 16.0. The molecule has 2 aromatic carbocycles. The molecule has 3 heterocycles. The third kappa shape index (κ3) is 11.0. The SMILES string of the molecule is CC(=O)OC1O[C@H](COC(=O)c2ccccc2)C[C@H]1OC(C)=O.CC(=O)O[C@@H]1C[C@@H](COC(=O)c2ccccc2)O[C@H]1n1ccnc(C(N)=O)c1=O. The van der Waals surface area contributed by atoms with Crippen molar-refractivity contribution in [3.8, 4) is 0 Å². The van der Waals surface area contributed by atoms with E-state index in [1.807, 2.05) is 0 Å². The Morgan fingerprint density at radius 1 is 0.731 bits per heavy atom. The van der Waals surface area contributed by atoms with Crippen LogP contribution in [0, 0.1) is 0 Å². The Morgan fingerprint density at radius 2 is 1.21 bits per heavy atom. The van der Waals surface area contributed by atoms with Crippen molar-refractivity contribution in [2.24, 2.45) is 5.73 Å². The molecule has 2 aliphatic rings. The molecular formula is C35H37N3O14. The third-order valence-corrected chi connectivity index (χ3v) is 7.38. The van der Waals surface area contributed by atoms with Crippen LogP contribution in [0.5, 0.6) is 0 Å². The summed E-state index contributed by atoms with van der Waals surface area (Å²) in [7, 11) is 0. The van der Waals surface area contributed by atoms with E-state index < -0.39 is 83.9 Å². The molecule has 2 aliphatic heterocycles. The molecule has 6 atom stereocenters. The van der Waals surface area contributed by atoms with Crippen molar-refractivity contribution in [1.82, 2.24) is 9.55 Å². The van der Waals surface area contributed by atoms with Crippen LogP contribution in [0.4, 0.5) is 0 Å². The lowest BCUT2D eigenvalue weighted by Crippen LogP contribution is -2.36. The summed E-state index contributed by atoms with van der Waals surface area (Å²) in [5.41, 5.74) is 4.74. The summed E-state index contributed by atoms with van der Waals surface area (Å²) in [5, 5.41) is 0. The van der Waals surface area contributed by atoms with E-state index in [0.717, 1.165) is 4.57 Å². The van der Waals surface area contributed by atoms with E-state index >= 15 is 0 Å². The van der Waals surface area contributed by atoms with Gasteiger partial charge in [0.15, 0.2) is 18.0 Å². The van der Waals surface area contributed by atoms with Gasteiger partial charge in [0.2, 0.25) is 6.29 Å². The average Bonchev–Trinajstić information content (AvgIpc) is 3.68. The van der Waals surface area contributed by atoms with Crippen LogP contribution in [0.3, 0.4) is 0 Å². The Kier molecular flexibility index (Phi) is 13.7. The van der Waals surface area contributed by atoms with E-state index in [0.29, 0.717) is 11.1 Å². The topological polar surface area (TPSA) is 228 Å². The molecule has 52 heavy (non-hydrogen) atoms. The number of nitrogens with two attached hydrogens (primary N) is 1. The number of primary amides is 1. The maximum atomic E-state index is 12.5. The second-order valence-corrected chi connectivity index (χ2v) is 11.4. The number of amides is 1. The maximum Gasteiger partial charge on any atom is 0.338 e. The fourth-order valence-corrected chi connectivity index (χ4v) is 5.23. The molecule has 0 aliphatic carbocycles. The van der Waals surface area contributed by atoms with Crippen LogP contribution >= 0.6 is 0 Å². The van der Waals surface area contributed by atoms with E-state index in [9.17, 15) is 33.6 Å². The first kappa shape index (κ1) is 38.9. The standard InChI is InChI=1S/C19H19N3O7.C16H18O7/c1-11(23)28-14-9-13(10-27-19(26)12-5-3-2-4-6-12)29-18(14)22-8-7-21-15(16(20)24)17(22)25;1-10(17)21-14-8-13(23-16(14)22-11(2)18)9-20-15(19)12-6-4-3-5-7-12/h2-8,13-14,18H,9-10H2,1H3,(H2,20,24);3-7,13-14,16H,8-9H2,1-2H3/t13-,14+,18+;13-,14+,16?/m00/s1. The van der Waals surface area contributed by atoms with Gasteiger partial charge in [-0.1, -0.05) is 36.4 Å². The summed E-state index contributed by atoms with van der Waals surface area (Å²) in [6, 6.07) is 17.0. The molecule has 17 nitrogen and oxygen atoms in total. The summed E-state index contributed by atoms with van der Waals surface area (Å²) >= 11 is 0. The minimum absolute atomic E-state index is 0.0245. The van der Waals surface area contributed by atoms with Crippen LogP contribution in [-0.4, -0.2) is 89.2 Å². The zero-order valence-electron chi connectivity index (χ0n) is 28.4. The monoisotopic (exact) mass is 723 g/mol. The zero-order chi connectivity index (χ0) is 37.8. The van der Waals surface area contributed by atoms with Gasteiger partial charge in [-0.05, 0) is 24.3 Å². The lowest BCUT2D eigenvalue weighted by Gasteiger charge is -2.20. The van der Waals surface area contributed by atoms with Crippen molar-refractivity contribution < 1.29 is 61.9 Å². The normalized spacial score (nSPS) is 21.8. The predicted octanol–water partition coefficient (Wildman–Crippen LogP) is 1.87. The lowest BCUT2D eigenvalue weighted by atomic mass is 10.2. The molecule has 3 aromatic rings. The van der Waals surface area contributed by atoms with Crippen LogP contribution < -0.4 is 11.3 Å². The Bertz CT molecular complexity index is 1770. The van der Waals surface area contributed by atoms with Gasteiger partial charge in [-0.15, -0.1) is 0 Å². The Balaban J connectivity index is 0.000000239. The highest BCUT2D eigenvalue weighted by atomic mass is 16.7. The van der Waals surface area contributed by atoms with Crippen LogP contribution in [0.25, 0.3) is 0 Å². The molecule has 0 radical (unpaired) electrons. The average molecular weight is 724 g/mol.